The van der Waals surface area contributed by atoms with E-state index in [1.165, 1.54) is 12.1 Å². The summed E-state index contributed by atoms with van der Waals surface area (Å²) < 4.78 is 18.6. The van der Waals surface area contributed by atoms with E-state index in [1.807, 2.05) is 12.1 Å². The van der Waals surface area contributed by atoms with Gasteiger partial charge in [0.15, 0.2) is 0 Å². The lowest BCUT2D eigenvalue weighted by Crippen LogP contribution is -2.44. The van der Waals surface area contributed by atoms with Crippen molar-refractivity contribution in [3.63, 3.8) is 0 Å². The van der Waals surface area contributed by atoms with Crippen molar-refractivity contribution >= 4 is 0 Å². The second-order valence-electron chi connectivity index (χ2n) is 5.74. The molecular weight excluding hydrogens is 229 g/mol. The second kappa shape index (κ2) is 5.37. The molecule has 0 spiro atoms. The highest BCUT2D eigenvalue weighted by molar-refractivity contribution is 5.19. The molecule has 1 aromatic carbocycles. The summed E-state index contributed by atoms with van der Waals surface area (Å²) in [4.78, 5) is 0. The van der Waals surface area contributed by atoms with Crippen molar-refractivity contribution in [2.45, 2.75) is 51.3 Å². The molecule has 1 aliphatic rings. The summed E-state index contributed by atoms with van der Waals surface area (Å²) in [6.07, 6.45) is 2.05. The molecule has 0 amide bonds. The average molecular weight is 251 g/mol. The van der Waals surface area contributed by atoms with Crippen molar-refractivity contribution in [1.29, 1.82) is 0 Å². The predicted octanol–water partition coefficient (Wildman–Crippen LogP) is 3.43. The monoisotopic (exact) mass is 251 g/mol. The molecule has 0 saturated carbocycles. The quantitative estimate of drug-likeness (QED) is 0.888. The Bertz CT molecular complexity index is 388. The molecule has 0 bridgehead atoms. The normalized spacial score (nSPS) is 24.8. The van der Waals surface area contributed by atoms with E-state index in [9.17, 15) is 4.39 Å². The number of benzene rings is 1. The van der Waals surface area contributed by atoms with Crippen LogP contribution in [0.2, 0.25) is 0 Å². The van der Waals surface area contributed by atoms with E-state index in [0.717, 1.165) is 25.0 Å². The molecule has 1 heterocycles. The third-order valence-corrected chi connectivity index (χ3v) is 3.55. The molecule has 1 saturated heterocycles. The van der Waals surface area contributed by atoms with Crippen molar-refractivity contribution in [2.24, 2.45) is 0 Å². The van der Waals surface area contributed by atoms with Gasteiger partial charge in [0.1, 0.15) is 5.82 Å². The first-order valence-electron chi connectivity index (χ1n) is 6.62. The predicted molar refractivity (Wildman–Crippen MR) is 71.0 cm³/mol. The van der Waals surface area contributed by atoms with Gasteiger partial charge in [-0.2, -0.15) is 0 Å². The fourth-order valence-electron chi connectivity index (χ4n) is 2.58. The maximum absolute atomic E-state index is 12.9. The molecule has 2 atom stereocenters. The number of rotatable bonds is 3. The van der Waals surface area contributed by atoms with Crippen LogP contribution in [0.25, 0.3) is 0 Å². The Morgan fingerprint density at radius 1 is 1.33 bits per heavy atom. The smallest absolute Gasteiger partial charge is 0.123 e. The largest absolute Gasteiger partial charge is 0.375 e. The summed E-state index contributed by atoms with van der Waals surface area (Å²) in [6.45, 7) is 7.18. The highest BCUT2D eigenvalue weighted by Gasteiger charge is 2.29. The Hall–Kier alpha value is -0.930. The fraction of sp³-hybridized carbons (Fsp3) is 0.600. The van der Waals surface area contributed by atoms with E-state index < -0.39 is 0 Å². The number of ether oxygens (including phenoxy) is 1. The molecule has 18 heavy (non-hydrogen) atoms. The maximum Gasteiger partial charge on any atom is 0.123 e. The topological polar surface area (TPSA) is 21.3 Å². The minimum atomic E-state index is -0.182. The van der Waals surface area contributed by atoms with Crippen LogP contribution in [-0.4, -0.2) is 18.2 Å². The van der Waals surface area contributed by atoms with Crippen LogP contribution in [0.3, 0.4) is 0 Å². The van der Waals surface area contributed by atoms with Crippen LogP contribution in [0.15, 0.2) is 24.3 Å². The van der Waals surface area contributed by atoms with Gasteiger partial charge in [-0.25, -0.2) is 4.39 Å². The third kappa shape index (κ3) is 3.53. The molecule has 0 radical (unpaired) electrons. The summed E-state index contributed by atoms with van der Waals surface area (Å²) in [5, 5.41) is 3.61. The van der Waals surface area contributed by atoms with E-state index in [4.69, 9.17) is 4.74 Å². The summed E-state index contributed by atoms with van der Waals surface area (Å²) in [7, 11) is 0. The van der Waals surface area contributed by atoms with E-state index in [1.54, 1.807) is 0 Å². The van der Waals surface area contributed by atoms with Crippen molar-refractivity contribution in [3.8, 4) is 0 Å². The summed E-state index contributed by atoms with van der Waals surface area (Å²) in [5.74, 6) is -0.182. The number of halogens is 1. The van der Waals surface area contributed by atoms with Crippen LogP contribution >= 0.6 is 0 Å². The molecular formula is C15H22FNO. The van der Waals surface area contributed by atoms with Gasteiger partial charge in [0.25, 0.3) is 0 Å². The highest BCUT2D eigenvalue weighted by Crippen LogP contribution is 2.26. The lowest BCUT2D eigenvalue weighted by molar-refractivity contribution is -0.0639. The molecule has 1 N–H and O–H groups in total. The second-order valence-corrected chi connectivity index (χ2v) is 5.74. The van der Waals surface area contributed by atoms with Crippen molar-refractivity contribution in [2.75, 3.05) is 6.61 Å². The zero-order chi connectivity index (χ0) is 13.2. The minimum absolute atomic E-state index is 0.0432. The Morgan fingerprint density at radius 2 is 2.00 bits per heavy atom. The van der Waals surface area contributed by atoms with Crippen LogP contribution in [0.4, 0.5) is 4.39 Å². The molecule has 1 aromatic rings. The van der Waals surface area contributed by atoms with Gasteiger partial charge in [-0.1, -0.05) is 12.1 Å². The van der Waals surface area contributed by atoms with Crippen LogP contribution in [-0.2, 0) is 4.74 Å². The van der Waals surface area contributed by atoms with Crippen molar-refractivity contribution in [1.82, 2.24) is 5.32 Å². The molecule has 2 rings (SSSR count). The first-order chi connectivity index (χ1) is 8.46. The zero-order valence-corrected chi connectivity index (χ0v) is 11.4. The summed E-state index contributed by atoms with van der Waals surface area (Å²) in [6, 6.07) is 7.43. The lowest BCUT2D eigenvalue weighted by atomic mass is 9.93. The van der Waals surface area contributed by atoms with E-state index >= 15 is 0 Å². The van der Waals surface area contributed by atoms with E-state index in [-0.39, 0.29) is 17.5 Å². The Morgan fingerprint density at radius 3 is 2.61 bits per heavy atom. The van der Waals surface area contributed by atoms with Crippen LogP contribution in [0.5, 0.6) is 0 Å². The van der Waals surface area contributed by atoms with Gasteiger partial charge in [0.2, 0.25) is 0 Å². The third-order valence-electron chi connectivity index (χ3n) is 3.55. The first kappa shape index (κ1) is 13.5. The van der Waals surface area contributed by atoms with Gasteiger partial charge in [0.05, 0.1) is 5.60 Å². The Labute approximate surface area is 109 Å². The molecule has 1 aliphatic heterocycles. The van der Waals surface area contributed by atoms with Gasteiger partial charge < -0.3 is 10.1 Å². The van der Waals surface area contributed by atoms with E-state index in [0.29, 0.717) is 6.04 Å². The van der Waals surface area contributed by atoms with Gasteiger partial charge in [-0.05, 0) is 51.3 Å². The SMILES string of the molecule is C[C@H](NC1CCOC(C)(C)C1)c1ccc(F)cc1. The van der Waals surface area contributed by atoms with Gasteiger partial charge in [-0.15, -0.1) is 0 Å². The number of hydrogen-bond acceptors (Lipinski definition) is 2. The average Bonchev–Trinajstić information content (AvgIpc) is 2.28. The molecule has 100 valence electrons. The zero-order valence-electron chi connectivity index (χ0n) is 11.4. The standard InChI is InChI=1S/C15H22FNO/c1-11(12-4-6-13(16)7-5-12)17-14-8-9-18-15(2,3)10-14/h4-7,11,14,17H,8-10H2,1-3H3/t11-,14?/m0/s1. The maximum atomic E-state index is 12.9. The molecule has 1 fully saturated rings. The van der Waals surface area contributed by atoms with Crippen LogP contribution in [0, 0.1) is 5.82 Å². The first-order valence-corrected chi connectivity index (χ1v) is 6.62. The molecule has 1 unspecified atom stereocenters. The molecule has 0 aromatic heterocycles. The summed E-state index contributed by atoms with van der Waals surface area (Å²) in [5.41, 5.74) is 1.08. The number of hydrogen-bond donors (Lipinski definition) is 1. The number of nitrogens with one attached hydrogen (secondary N) is 1. The molecule has 2 nitrogen and oxygen atoms in total. The molecule has 0 aliphatic carbocycles. The Kier molecular flexibility index (Phi) is 4.03. The fourth-order valence-corrected chi connectivity index (χ4v) is 2.58. The van der Waals surface area contributed by atoms with Crippen molar-refractivity contribution in [3.05, 3.63) is 35.6 Å². The van der Waals surface area contributed by atoms with Crippen molar-refractivity contribution < 1.29 is 9.13 Å². The Balaban J connectivity index is 1.94. The lowest BCUT2D eigenvalue weighted by Gasteiger charge is -2.37. The van der Waals surface area contributed by atoms with Gasteiger partial charge in [0, 0.05) is 18.7 Å². The van der Waals surface area contributed by atoms with Crippen LogP contribution < -0.4 is 5.32 Å². The van der Waals surface area contributed by atoms with E-state index in [2.05, 4.69) is 26.1 Å². The summed E-state index contributed by atoms with van der Waals surface area (Å²) >= 11 is 0. The van der Waals surface area contributed by atoms with Crippen LogP contribution in [0.1, 0.15) is 45.2 Å². The molecule has 3 heteroatoms. The van der Waals surface area contributed by atoms with Gasteiger partial charge in [-0.3, -0.25) is 0 Å². The van der Waals surface area contributed by atoms with Gasteiger partial charge >= 0.3 is 0 Å². The highest BCUT2D eigenvalue weighted by atomic mass is 19.1. The minimum Gasteiger partial charge on any atom is -0.375 e.